The average Bonchev–Trinajstić information content (AvgIpc) is 2.27. The normalized spacial score (nSPS) is 11.2. The van der Waals surface area contributed by atoms with Gasteiger partial charge in [0.1, 0.15) is 5.84 Å². The molecule has 0 heterocycles. The number of hydrogen-bond acceptors (Lipinski definition) is 4. The van der Waals surface area contributed by atoms with Crippen molar-refractivity contribution in [3.05, 3.63) is 33.9 Å². The molecule has 0 aromatic heterocycles. The Bertz CT molecular complexity index is 415. The van der Waals surface area contributed by atoms with Crippen molar-refractivity contribution >= 4 is 17.2 Å². The molecule has 6 heteroatoms. The highest BCUT2D eigenvalue weighted by Crippen LogP contribution is 2.21. The molecule has 0 aliphatic rings. The van der Waals surface area contributed by atoms with Crippen LogP contribution in [0.5, 0.6) is 0 Å². The van der Waals surface area contributed by atoms with Crippen LogP contribution in [0.25, 0.3) is 0 Å². The Hall–Kier alpha value is -2.11. The minimum atomic E-state index is -0.466. The summed E-state index contributed by atoms with van der Waals surface area (Å²) in [6.45, 7) is 0. The fourth-order valence-corrected chi connectivity index (χ4v) is 1.20. The Labute approximate surface area is 87.0 Å². The molecular formula is C9H12N4O2. The Morgan fingerprint density at radius 3 is 2.73 bits per heavy atom. The summed E-state index contributed by atoms with van der Waals surface area (Å²) in [5.41, 5.74) is 6.87. The van der Waals surface area contributed by atoms with E-state index in [-0.39, 0.29) is 11.5 Å². The standard InChI is InChI=1S/C9H12N4O2/c1-11-8-4-3-6(13(14)15)5-7(8)9(10)12-2/h3-5,11H,1-2H3,(H2,10,12). The van der Waals surface area contributed by atoms with Crippen molar-refractivity contribution in [2.24, 2.45) is 10.7 Å². The van der Waals surface area contributed by atoms with Crippen LogP contribution in [-0.2, 0) is 0 Å². The van der Waals surface area contributed by atoms with Crippen LogP contribution in [-0.4, -0.2) is 24.9 Å². The van der Waals surface area contributed by atoms with Gasteiger partial charge in [-0.2, -0.15) is 0 Å². The van der Waals surface area contributed by atoms with Gasteiger partial charge < -0.3 is 11.1 Å². The Balaban J connectivity index is 3.31. The summed E-state index contributed by atoms with van der Waals surface area (Å²) in [5.74, 6) is 0.267. The molecule has 0 amide bonds. The van der Waals surface area contributed by atoms with Crippen LogP contribution in [0.4, 0.5) is 11.4 Å². The summed E-state index contributed by atoms with van der Waals surface area (Å²) < 4.78 is 0. The molecular weight excluding hydrogens is 196 g/mol. The number of nitro groups is 1. The fourth-order valence-electron chi connectivity index (χ4n) is 1.20. The number of non-ortho nitro benzene ring substituents is 1. The van der Waals surface area contributed by atoms with E-state index in [9.17, 15) is 10.1 Å². The number of amidine groups is 1. The summed E-state index contributed by atoms with van der Waals surface area (Å²) in [7, 11) is 3.25. The Kier molecular flexibility index (Phi) is 3.22. The van der Waals surface area contributed by atoms with E-state index in [1.807, 2.05) is 0 Å². The highest BCUT2D eigenvalue weighted by Gasteiger charge is 2.11. The van der Waals surface area contributed by atoms with E-state index in [2.05, 4.69) is 10.3 Å². The van der Waals surface area contributed by atoms with Gasteiger partial charge in [-0.1, -0.05) is 0 Å². The molecule has 0 spiro atoms. The van der Waals surface area contributed by atoms with Crippen LogP contribution in [0.15, 0.2) is 23.2 Å². The highest BCUT2D eigenvalue weighted by atomic mass is 16.6. The van der Waals surface area contributed by atoms with Crippen molar-refractivity contribution in [3.63, 3.8) is 0 Å². The zero-order chi connectivity index (χ0) is 11.4. The number of rotatable bonds is 3. The second kappa shape index (κ2) is 4.41. The van der Waals surface area contributed by atoms with E-state index in [1.54, 1.807) is 13.1 Å². The van der Waals surface area contributed by atoms with Crippen LogP contribution in [0, 0.1) is 10.1 Å². The van der Waals surface area contributed by atoms with E-state index in [0.717, 1.165) is 0 Å². The summed E-state index contributed by atoms with van der Waals surface area (Å²) in [5, 5.41) is 13.5. The maximum absolute atomic E-state index is 10.6. The lowest BCUT2D eigenvalue weighted by Crippen LogP contribution is -2.15. The number of nitrogens with one attached hydrogen (secondary N) is 1. The maximum Gasteiger partial charge on any atom is 0.270 e. The van der Waals surface area contributed by atoms with Gasteiger partial charge >= 0.3 is 0 Å². The van der Waals surface area contributed by atoms with Crippen LogP contribution in [0.1, 0.15) is 5.56 Å². The minimum Gasteiger partial charge on any atom is -0.388 e. The second-order valence-corrected chi connectivity index (χ2v) is 2.85. The summed E-state index contributed by atoms with van der Waals surface area (Å²) in [6, 6.07) is 4.41. The van der Waals surface area contributed by atoms with Crippen LogP contribution < -0.4 is 11.1 Å². The van der Waals surface area contributed by atoms with Crippen LogP contribution in [0.2, 0.25) is 0 Å². The average molecular weight is 208 g/mol. The number of nitro benzene ring substituents is 1. The number of nitrogens with two attached hydrogens (primary N) is 1. The van der Waals surface area contributed by atoms with Gasteiger partial charge in [0.15, 0.2) is 0 Å². The van der Waals surface area contributed by atoms with Crippen molar-refractivity contribution < 1.29 is 4.92 Å². The Morgan fingerprint density at radius 2 is 2.27 bits per heavy atom. The van der Waals surface area contributed by atoms with Crippen molar-refractivity contribution in [2.75, 3.05) is 19.4 Å². The molecule has 1 aromatic rings. The highest BCUT2D eigenvalue weighted by molar-refractivity contribution is 6.02. The Morgan fingerprint density at radius 1 is 1.60 bits per heavy atom. The van der Waals surface area contributed by atoms with Crippen molar-refractivity contribution in [1.29, 1.82) is 0 Å². The number of nitrogens with zero attached hydrogens (tertiary/aromatic N) is 2. The molecule has 0 atom stereocenters. The topological polar surface area (TPSA) is 93.5 Å². The van der Waals surface area contributed by atoms with Gasteiger partial charge in [-0.25, -0.2) is 0 Å². The minimum absolute atomic E-state index is 0.00407. The lowest BCUT2D eigenvalue weighted by Gasteiger charge is -2.07. The van der Waals surface area contributed by atoms with E-state index in [4.69, 9.17) is 5.73 Å². The third-order valence-electron chi connectivity index (χ3n) is 2.00. The number of benzene rings is 1. The molecule has 0 saturated carbocycles. The van der Waals surface area contributed by atoms with Gasteiger partial charge in [-0.15, -0.1) is 0 Å². The van der Waals surface area contributed by atoms with Gasteiger partial charge in [-0.05, 0) is 6.07 Å². The van der Waals surface area contributed by atoms with Gasteiger partial charge in [0.05, 0.1) is 4.92 Å². The summed E-state index contributed by atoms with van der Waals surface area (Å²) >= 11 is 0. The molecule has 0 aliphatic carbocycles. The third kappa shape index (κ3) is 2.22. The van der Waals surface area contributed by atoms with Crippen molar-refractivity contribution in [2.45, 2.75) is 0 Å². The van der Waals surface area contributed by atoms with E-state index >= 15 is 0 Å². The monoisotopic (exact) mass is 208 g/mol. The molecule has 6 nitrogen and oxygen atoms in total. The number of aliphatic imine (C=N–C) groups is 1. The predicted octanol–water partition coefficient (Wildman–Crippen LogP) is 0.972. The number of anilines is 1. The molecule has 0 fully saturated rings. The molecule has 0 unspecified atom stereocenters. The first-order chi connectivity index (χ1) is 7.10. The third-order valence-corrected chi connectivity index (χ3v) is 2.00. The van der Waals surface area contributed by atoms with Gasteiger partial charge in [0.2, 0.25) is 0 Å². The maximum atomic E-state index is 10.6. The smallest absolute Gasteiger partial charge is 0.270 e. The van der Waals surface area contributed by atoms with Gasteiger partial charge in [-0.3, -0.25) is 15.1 Å². The van der Waals surface area contributed by atoms with Gasteiger partial charge in [0.25, 0.3) is 5.69 Å². The fraction of sp³-hybridized carbons (Fsp3) is 0.222. The lowest BCUT2D eigenvalue weighted by molar-refractivity contribution is -0.384. The first-order valence-electron chi connectivity index (χ1n) is 4.29. The second-order valence-electron chi connectivity index (χ2n) is 2.85. The molecule has 0 bridgehead atoms. The zero-order valence-corrected chi connectivity index (χ0v) is 8.52. The molecule has 1 rings (SSSR count). The molecule has 15 heavy (non-hydrogen) atoms. The molecule has 0 saturated heterocycles. The zero-order valence-electron chi connectivity index (χ0n) is 8.52. The predicted molar refractivity (Wildman–Crippen MR) is 59.3 cm³/mol. The molecule has 1 aromatic carbocycles. The summed E-state index contributed by atoms with van der Waals surface area (Å²) in [4.78, 5) is 13.9. The first kappa shape index (κ1) is 11.0. The summed E-state index contributed by atoms with van der Waals surface area (Å²) in [6.07, 6.45) is 0. The van der Waals surface area contributed by atoms with Crippen LogP contribution in [0.3, 0.4) is 0 Å². The molecule has 3 N–H and O–H groups in total. The van der Waals surface area contributed by atoms with Crippen LogP contribution >= 0.6 is 0 Å². The lowest BCUT2D eigenvalue weighted by atomic mass is 10.1. The van der Waals surface area contributed by atoms with Crippen molar-refractivity contribution in [1.82, 2.24) is 0 Å². The van der Waals surface area contributed by atoms with Gasteiger partial charge in [0, 0.05) is 37.5 Å². The van der Waals surface area contributed by atoms with E-state index in [1.165, 1.54) is 19.2 Å². The van der Waals surface area contributed by atoms with E-state index < -0.39 is 4.92 Å². The first-order valence-corrected chi connectivity index (χ1v) is 4.29. The largest absolute Gasteiger partial charge is 0.388 e. The van der Waals surface area contributed by atoms with Crippen molar-refractivity contribution in [3.8, 4) is 0 Å². The quantitative estimate of drug-likeness (QED) is 0.335. The van der Waals surface area contributed by atoms with E-state index in [0.29, 0.717) is 11.3 Å². The SMILES string of the molecule is CN=C(N)c1cc([N+](=O)[O-])ccc1NC. The molecule has 80 valence electrons. The molecule has 0 aliphatic heterocycles. The molecule has 0 radical (unpaired) electrons. The number of hydrogen-bond donors (Lipinski definition) is 2.